The van der Waals surface area contributed by atoms with Crippen LogP contribution in [0.3, 0.4) is 0 Å². The molecule has 0 fully saturated rings. The molecule has 0 saturated heterocycles. The number of carbonyl (C=O) groups is 2. The van der Waals surface area contributed by atoms with Gasteiger partial charge in [0.05, 0.1) is 0 Å². The van der Waals surface area contributed by atoms with E-state index in [2.05, 4.69) is 11.9 Å². The maximum absolute atomic E-state index is 10.8. The van der Waals surface area contributed by atoms with Gasteiger partial charge in [-0.25, -0.2) is 4.79 Å². The van der Waals surface area contributed by atoms with Crippen molar-refractivity contribution in [2.45, 2.75) is 12.5 Å². The fourth-order valence-corrected chi connectivity index (χ4v) is 1.20. The number of thioether (sulfide) groups is 1. The molecule has 0 aliphatic carbocycles. The fourth-order valence-electron chi connectivity index (χ4n) is 0.724. The summed E-state index contributed by atoms with van der Waals surface area (Å²) in [7, 11) is 0. The number of amides is 1. The summed E-state index contributed by atoms with van der Waals surface area (Å²) in [5.41, 5.74) is 0. The highest BCUT2D eigenvalue weighted by atomic mass is 32.2. The van der Waals surface area contributed by atoms with E-state index in [9.17, 15) is 9.59 Å². The molecule has 0 radical (unpaired) electrons. The summed E-state index contributed by atoms with van der Waals surface area (Å²) in [6, 6.07) is -0.807. The van der Waals surface area contributed by atoms with Gasteiger partial charge < -0.3 is 10.4 Å². The van der Waals surface area contributed by atoms with E-state index < -0.39 is 17.9 Å². The van der Waals surface area contributed by atoms with E-state index >= 15 is 0 Å². The third-order valence-corrected chi connectivity index (χ3v) is 2.05. The fraction of sp³-hybridized carbons (Fsp3) is 0.500. The Morgan fingerprint density at radius 2 is 2.31 bits per heavy atom. The van der Waals surface area contributed by atoms with Crippen LogP contribution in [0, 0.1) is 0 Å². The Hall–Kier alpha value is -0.970. The van der Waals surface area contributed by atoms with Gasteiger partial charge in [0.1, 0.15) is 6.04 Å². The van der Waals surface area contributed by atoms with E-state index in [4.69, 9.17) is 5.11 Å². The molecule has 0 spiro atoms. The van der Waals surface area contributed by atoms with Gasteiger partial charge in [-0.05, 0) is 24.5 Å². The summed E-state index contributed by atoms with van der Waals surface area (Å²) >= 11 is 1.54. The Morgan fingerprint density at radius 3 is 2.69 bits per heavy atom. The van der Waals surface area contributed by atoms with Crippen LogP contribution >= 0.6 is 11.8 Å². The zero-order valence-corrected chi connectivity index (χ0v) is 8.26. The minimum absolute atomic E-state index is 0.427. The van der Waals surface area contributed by atoms with Crippen LogP contribution < -0.4 is 5.32 Å². The maximum Gasteiger partial charge on any atom is 0.326 e. The average molecular weight is 203 g/mol. The summed E-state index contributed by atoms with van der Waals surface area (Å²) in [5, 5.41) is 11.0. The number of nitrogens with one attached hydrogen (secondary N) is 1. The van der Waals surface area contributed by atoms with E-state index in [1.54, 1.807) is 11.8 Å². The smallest absolute Gasteiger partial charge is 0.326 e. The number of rotatable bonds is 6. The Morgan fingerprint density at radius 1 is 1.69 bits per heavy atom. The molecule has 5 heteroatoms. The van der Waals surface area contributed by atoms with E-state index in [1.165, 1.54) is 0 Å². The Bertz CT molecular complexity index is 206. The van der Waals surface area contributed by atoms with Crippen molar-refractivity contribution in [3.63, 3.8) is 0 Å². The van der Waals surface area contributed by atoms with E-state index in [1.807, 2.05) is 6.26 Å². The number of carboxylic acid groups (broad SMARTS) is 1. The van der Waals surface area contributed by atoms with Crippen LogP contribution in [0.25, 0.3) is 0 Å². The molecule has 13 heavy (non-hydrogen) atoms. The first-order chi connectivity index (χ1) is 6.11. The van der Waals surface area contributed by atoms with Crippen molar-refractivity contribution in [1.29, 1.82) is 0 Å². The minimum Gasteiger partial charge on any atom is -0.480 e. The third kappa shape index (κ3) is 5.30. The van der Waals surface area contributed by atoms with Crippen molar-refractivity contribution in [3.8, 4) is 0 Å². The van der Waals surface area contributed by atoms with Gasteiger partial charge in [0.25, 0.3) is 0 Å². The SMILES string of the molecule is C=CC(=O)NC(CCSC)C(=O)O. The van der Waals surface area contributed by atoms with Gasteiger partial charge >= 0.3 is 5.97 Å². The predicted octanol–water partition coefficient (Wildman–Crippen LogP) is 0.495. The topological polar surface area (TPSA) is 66.4 Å². The standard InChI is InChI=1S/C8H13NO3S/c1-3-7(10)9-6(8(11)12)4-5-13-2/h3,6H,1,4-5H2,2H3,(H,9,10)(H,11,12). The summed E-state index contributed by atoms with van der Waals surface area (Å²) in [6.07, 6.45) is 3.37. The molecule has 0 saturated carbocycles. The molecular formula is C8H13NO3S. The van der Waals surface area contributed by atoms with Crippen LogP contribution in [0.2, 0.25) is 0 Å². The van der Waals surface area contributed by atoms with Crippen molar-refractivity contribution in [2.75, 3.05) is 12.0 Å². The summed E-state index contributed by atoms with van der Waals surface area (Å²) in [4.78, 5) is 21.4. The van der Waals surface area contributed by atoms with Gasteiger partial charge in [-0.15, -0.1) is 0 Å². The summed E-state index contributed by atoms with van der Waals surface area (Å²) in [5.74, 6) is -0.758. The number of aliphatic carboxylic acids is 1. The lowest BCUT2D eigenvalue weighted by atomic mass is 10.2. The van der Waals surface area contributed by atoms with Gasteiger partial charge in [0, 0.05) is 0 Å². The molecule has 1 atom stereocenters. The highest BCUT2D eigenvalue weighted by Gasteiger charge is 2.17. The number of carboxylic acids is 1. The summed E-state index contributed by atoms with van der Waals surface area (Å²) < 4.78 is 0. The molecule has 0 heterocycles. The van der Waals surface area contributed by atoms with E-state index in [0.29, 0.717) is 12.2 Å². The van der Waals surface area contributed by atoms with Crippen molar-refractivity contribution < 1.29 is 14.7 Å². The molecule has 0 bridgehead atoms. The van der Waals surface area contributed by atoms with E-state index in [-0.39, 0.29) is 0 Å². The highest BCUT2D eigenvalue weighted by molar-refractivity contribution is 7.98. The normalized spacial score (nSPS) is 11.8. The van der Waals surface area contributed by atoms with Gasteiger partial charge in [-0.3, -0.25) is 4.79 Å². The molecule has 0 aromatic carbocycles. The van der Waals surface area contributed by atoms with Crippen molar-refractivity contribution in [1.82, 2.24) is 5.32 Å². The number of carbonyl (C=O) groups excluding carboxylic acids is 1. The predicted molar refractivity (Wildman–Crippen MR) is 52.8 cm³/mol. The second-order valence-electron chi connectivity index (χ2n) is 2.39. The highest BCUT2D eigenvalue weighted by Crippen LogP contribution is 2.00. The lowest BCUT2D eigenvalue weighted by Gasteiger charge is -2.11. The molecule has 1 unspecified atom stereocenters. The first kappa shape index (κ1) is 12.0. The van der Waals surface area contributed by atoms with Crippen LogP contribution in [-0.2, 0) is 9.59 Å². The largest absolute Gasteiger partial charge is 0.480 e. The first-order valence-corrected chi connectivity index (χ1v) is 5.16. The third-order valence-electron chi connectivity index (χ3n) is 1.41. The van der Waals surface area contributed by atoms with Crippen LogP contribution in [-0.4, -0.2) is 35.0 Å². The molecule has 4 nitrogen and oxygen atoms in total. The van der Waals surface area contributed by atoms with Gasteiger partial charge in [0.2, 0.25) is 5.91 Å². The zero-order chi connectivity index (χ0) is 10.3. The van der Waals surface area contributed by atoms with E-state index in [0.717, 1.165) is 6.08 Å². The summed E-state index contributed by atoms with van der Waals surface area (Å²) in [6.45, 7) is 3.24. The molecule has 0 aromatic rings. The van der Waals surface area contributed by atoms with Crippen LogP contribution in [0.1, 0.15) is 6.42 Å². The lowest BCUT2D eigenvalue weighted by molar-refractivity contribution is -0.141. The molecule has 0 aromatic heterocycles. The first-order valence-electron chi connectivity index (χ1n) is 3.76. The minimum atomic E-state index is -1.01. The molecule has 2 N–H and O–H groups in total. The molecular weight excluding hydrogens is 190 g/mol. The number of hydrogen-bond donors (Lipinski definition) is 2. The Labute approximate surface area is 81.4 Å². The van der Waals surface area contributed by atoms with Gasteiger partial charge in [-0.2, -0.15) is 11.8 Å². The lowest BCUT2D eigenvalue weighted by Crippen LogP contribution is -2.40. The molecule has 0 aliphatic heterocycles. The van der Waals surface area contributed by atoms with Crippen molar-refractivity contribution in [3.05, 3.63) is 12.7 Å². The average Bonchev–Trinajstić information content (AvgIpc) is 2.11. The van der Waals surface area contributed by atoms with Crippen LogP contribution in [0.5, 0.6) is 0 Å². The molecule has 1 amide bonds. The Kier molecular flexibility index (Phi) is 6.05. The quantitative estimate of drug-likeness (QED) is 0.617. The second kappa shape index (κ2) is 6.54. The van der Waals surface area contributed by atoms with Crippen LogP contribution in [0.15, 0.2) is 12.7 Å². The maximum atomic E-state index is 10.8. The zero-order valence-electron chi connectivity index (χ0n) is 7.45. The molecule has 74 valence electrons. The van der Waals surface area contributed by atoms with Gasteiger partial charge in [0.15, 0.2) is 0 Å². The monoisotopic (exact) mass is 203 g/mol. The van der Waals surface area contributed by atoms with Crippen molar-refractivity contribution in [2.24, 2.45) is 0 Å². The van der Waals surface area contributed by atoms with Gasteiger partial charge in [-0.1, -0.05) is 6.58 Å². The van der Waals surface area contributed by atoms with Crippen LogP contribution in [0.4, 0.5) is 0 Å². The molecule has 0 rings (SSSR count). The molecule has 0 aliphatic rings. The van der Waals surface area contributed by atoms with Crippen molar-refractivity contribution >= 4 is 23.6 Å². The number of hydrogen-bond acceptors (Lipinski definition) is 3. The second-order valence-corrected chi connectivity index (χ2v) is 3.37. The Balaban J connectivity index is 4.01.